The fraction of sp³-hybridized carbons (Fsp3) is 0.588. The normalized spacial score (nSPS) is 17.6. The first-order chi connectivity index (χ1) is 9.52. The number of aryl methyl sites for hydroxylation is 1. The van der Waals surface area contributed by atoms with Crippen molar-refractivity contribution in [1.29, 1.82) is 0 Å². The number of hydrogen-bond acceptors (Lipinski definition) is 2. The minimum Gasteiger partial charge on any atom is -0.334 e. The van der Waals surface area contributed by atoms with Gasteiger partial charge in [-0.15, -0.1) is 0 Å². The summed E-state index contributed by atoms with van der Waals surface area (Å²) in [6.07, 6.45) is 3.17. The van der Waals surface area contributed by atoms with Gasteiger partial charge < -0.3 is 10.6 Å². The van der Waals surface area contributed by atoms with Gasteiger partial charge in [-0.3, -0.25) is 4.79 Å². The van der Waals surface area contributed by atoms with Crippen molar-refractivity contribution in [3.63, 3.8) is 0 Å². The molecule has 1 amide bonds. The van der Waals surface area contributed by atoms with Crippen molar-refractivity contribution in [3.05, 3.63) is 35.4 Å². The number of nitrogens with zero attached hydrogens (tertiary/aromatic N) is 1. The first kappa shape index (κ1) is 15.0. The van der Waals surface area contributed by atoms with Crippen LogP contribution in [-0.2, 0) is 11.3 Å². The molecule has 1 aromatic rings. The molecule has 0 aliphatic heterocycles. The van der Waals surface area contributed by atoms with Gasteiger partial charge in [0.1, 0.15) is 0 Å². The molecular weight excluding hydrogens is 248 g/mol. The highest BCUT2D eigenvalue weighted by molar-refractivity contribution is 5.82. The molecule has 2 atom stereocenters. The van der Waals surface area contributed by atoms with E-state index in [1.807, 2.05) is 4.90 Å². The molecule has 110 valence electrons. The van der Waals surface area contributed by atoms with E-state index in [-0.39, 0.29) is 17.9 Å². The van der Waals surface area contributed by atoms with Gasteiger partial charge in [0.25, 0.3) is 0 Å². The first-order valence-electron chi connectivity index (χ1n) is 7.64. The molecule has 3 heteroatoms. The van der Waals surface area contributed by atoms with Crippen LogP contribution in [-0.4, -0.2) is 22.9 Å². The van der Waals surface area contributed by atoms with Crippen LogP contribution < -0.4 is 5.73 Å². The summed E-state index contributed by atoms with van der Waals surface area (Å²) in [7, 11) is 0. The maximum atomic E-state index is 12.6. The second-order valence-electron chi connectivity index (χ2n) is 6.09. The Bertz CT molecular complexity index is 451. The number of carbonyl (C=O) groups is 1. The van der Waals surface area contributed by atoms with Crippen LogP contribution in [0.4, 0.5) is 0 Å². The Morgan fingerprint density at radius 2 is 1.95 bits per heavy atom. The number of hydrogen-bond donors (Lipinski definition) is 1. The first-order valence-corrected chi connectivity index (χ1v) is 7.64. The quantitative estimate of drug-likeness (QED) is 0.867. The molecule has 0 heterocycles. The van der Waals surface area contributed by atoms with Crippen LogP contribution in [0.2, 0.25) is 0 Å². The molecule has 1 unspecified atom stereocenters. The van der Waals surface area contributed by atoms with Crippen molar-refractivity contribution in [2.45, 2.75) is 58.7 Å². The van der Waals surface area contributed by atoms with Gasteiger partial charge in [0, 0.05) is 12.6 Å². The van der Waals surface area contributed by atoms with Gasteiger partial charge in [0.05, 0.1) is 6.04 Å². The molecule has 3 nitrogen and oxygen atoms in total. The lowest BCUT2D eigenvalue weighted by atomic mass is 9.98. The predicted molar refractivity (Wildman–Crippen MR) is 82.2 cm³/mol. The van der Waals surface area contributed by atoms with Crippen molar-refractivity contribution in [2.24, 2.45) is 11.7 Å². The van der Waals surface area contributed by atoms with Crippen molar-refractivity contribution in [1.82, 2.24) is 4.90 Å². The summed E-state index contributed by atoms with van der Waals surface area (Å²) in [4.78, 5) is 14.6. The summed E-state index contributed by atoms with van der Waals surface area (Å²) in [6, 6.07) is 8.43. The zero-order chi connectivity index (χ0) is 14.7. The van der Waals surface area contributed by atoms with Crippen LogP contribution in [0, 0.1) is 12.8 Å². The van der Waals surface area contributed by atoms with Crippen LogP contribution >= 0.6 is 0 Å². The lowest BCUT2D eigenvalue weighted by Crippen LogP contribution is -2.47. The standard InChI is InChI=1S/C17H26N2O/c1-4-13(3)16(18)17(20)19(15-9-10-15)11-14-7-5-12(2)6-8-14/h5-8,13,15-16H,4,9-11,18H2,1-3H3/t13?,16-/m0/s1. The number of benzene rings is 1. The van der Waals surface area contributed by atoms with Crippen molar-refractivity contribution >= 4 is 5.91 Å². The molecule has 1 saturated carbocycles. The van der Waals surface area contributed by atoms with E-state index in [0.29, 0.717) is 12.6 Å². The fourth-order valence-electron chi connectivity index (χ4n) is 2.35. The van der Waals surface area contributed by atoms with Crippen LogP contribution in [0.5, 0.6) is 0 Å². The van der Waals surface area contributed by atoms with E-state index < -0.39 is 0 Å². The SMILES string of the molecule is CCC(C)[C@H](N)C(=O)N(Cc1ccc(C)cc1)C1CC1. The average molecular weight is 274 g/mol. The third kappa shape index (κ3) is 3.60. The number of rotatable bonds is 6. The molecule has 1 aromatic carbocycles. The molecule has 1 aliphatic carbocycles. The van der Waals surface area contributed by atoms with Gasteiger partial charge >= 0.3 is 0 Å². The van der Waals surface area contributed by atoms with Gasteiger partial charge in [-0.2, -0.15) is 0 Å². The summed E-state index contributed by atoms with van der Waals surface area (Å²) in [6.45, 7) is 6.90. The lowest BCUT2D eigenvalue weighted by molar-refractivity contribution is -0.135. The molecular formula is C17H26N2O. The fourth-order valence-corrected chi connectivity index (χ4v) is 2.35. The second kappa shape index (κ2) is 6.40. The number of amides is 1. The van der Waals surface area contributed by atoms with Crippen molar-refractivity contribution in [2.75, 3.05) is 0 Å². The van der Waals surface area contributed by atoms with E-state index in [2.05, 4.69) is 45.0 Å². The predicted octanol–water partition coefficient (Wildman–Crippen LogP) is 2.86. The molecule has 0 bridgehead atoms. The average Bonchev–Trinajstić information content (AvgIpc) is 3.28. The van der Waals surface area contributed by atoms with Crippen LogP contribution in [0.25, 0.3) is 0 Å². The van der Waals surface area contributed by atoms with E-state index in [0.717, 1.165) is 19.3 Å². The van der Waals surface area contributed by atoms with Crippen LogP contribution in [0.3, 0.4) is 0 Å². The molecule has 1 fully saturated rings. The highest BCUT2D eigenvalue weighted by Gasteiger charge is 2.35. The monoisotopic (exact) mass is 274 g/mol. The lowest BCUT2D eigenvalue weighted by Gasteiger charge is -2.28. The molecule has 0 radical (unpaired) electrons. The smallest absolute Gasteiger partial charge is 0.240 e. The highest BCUT2D eigenvalue weighted by Crippen LogP contribution is 2.29. The zero-order valence-electron chi connectivity index (χ0n) is 12.8. The Kier molecular flexibility index (Phi) is 4.81. The maximum Gasteiger partial charge on any atom is 0.240 e. The second-order valence-corrected chi connectivity index (χ2v) is 6.09. The molecule has 0 saturated heterocycles. The van der Waals surface area contributed by atoms with Crippen molar-refractivity contribution < 1.29 is 4.79 Å². The minimum atomic E-state index is -0.369. The third-order valence-corrected chi connectivity index (χ3v) is 4.29. The zero-order valence-corrected chi connectivity index (χ0v) is 12.8. The van der Waals surface area contributed by atoms with E-state index in [1.165, 1.54) is 11.1 Å². The topological polar surface area (TPSA) is 46.3 Å². The summed E-state index contributed by atoms with van der Waals surface area (Å²) < 4.78 is 0. The molecule has 20 heavy (non-hydrogen) atoms. The van der Waals surface area contributed by atoms with Gasteiger partial charge in [0.15, 0.2) is 0 Å². The summed E-state index contributed by atoms with van der Waals surface area (Å²) in [5.74, 6) is 0.351. The third-order valence-electron chi connectivity index (χ3n) is 4.29. The van der Waals surface area contributed by atoms with Crippen molar-refractivity contribution in [3.8, 4) is 0 Å². The maximum absolute atomic E-state index is 12.6. The van der Waals surface area contributed by atoms with Crippen LogP contribution in [0.15, 0.2) is 24.3 Å². The van der Waals surface area contributed by atoms with Crippen LogP contribution in [0.1, 0.15) is 44.2 Å². The van der Waals surface area contributed by atoms with E-state index in [9.17, 15) is 4.79 Å². The Morgan fingerprint density at radius 1 is 1.35 bits per heavy atom. The molecule has 2 N–H and O–H groups in total. The van der Waals surface area contributed by atoms with Gasteiger partial charge in [-0.25, -0.2) is 0 Å². The summed E-state index contributed by atoms with van der Waals surface area (Å²) >= 11 is 0. The van der Waals surface area contributed by atoms with E-state index in [4.69, 9.17) is 5.73 Å². The molecule has 0 spiro atoms. The highest BCUT2D eigenvalue weighted by atomic mass is 16.2. The van der Waals surface area contributed by atoms with Gasteiger partial charge in [-0.05, 0) is 31.2 Å². The van der Waals surface area contributed by atoms with Gasteiger partial charge in [-0.1, -0.05) is 50.1 Å². The minimum absolute atomic E-state index is 0.113. The number of nitrogens with two attached hydrogens (primary N) is 1. The Hall–Kier alpha value is -1.35. The largest absolute Gasteiger partial charge is 0.334 e. The summed E-state index contributed by atoms with van der Waals surface area (Å²) in [5, 5.41) is 0. The van der Waals surface area contributed by atoms with E-state index >= 15 is 0 Å². The summed E-state index contributed by atoms with van der Waals surface area (Å²) in [5.41, 5.74) is 8.56. The van der Waals surface area contributed by atoms with Gasteiger partial charge in [0.2, 0.25) is 5.91 Å². The Labute approximate surface area is 122 Å². The molecule has 0 aromatic heterocycles. The Balaban J connectivity index is 2.07. The Morgan fingerprint density at radius 3 is 2.45 bits per heavy atom. The molecule has 1 aliphatic rings. The number of carbonyl (C=O) groups excluding carboxylic acids is 1. The van der Waals surface area contributed by atoms with E-state index in [1.54, 1.807) is 0 Å². The molecule has 2 rings (SSSR count).